The first kappa shape index (κ1) is 11.5. The number of nitro groups is 1. The molecule has 5 nitrogen and oxygen atoms in total. The zero-order valence-electron chi connectivity index (χ0n) is 8.81. The van der Waals surface area contributed by atoms with Gasteiger partial charge < -0.3 is 10.3 Å². The van der Waals surface area contributed by atoms with Gasteiger partial charge in [0.15, 0.2) is 0 Å². The molecule has 2 rings (SSSR count). The van der Waals surface area contributed by atoms with Crippen molar-refractivity contribution in [2.24, 2.45) is 0 Å². The molecule has 0 spiro atoms. The van der Waals surface area contributed by atoms with E-state index in [1.165, 1.54) is 18.2 Å². The molecular weight excluding hydrogens is 242 g/mol. The van der Waals surface area contributed by atoms with Crippen LogP contribution in [0.4, 0.5) is 11.4 Å². The van der Waals surface area contributed by atoms with E-state index in [-0.39, 0.29) is 5.69 Å². The number of H-pyrrole nitrogens is 1. The zero-order valence-corrected chi connectivity index (χ0v) is 9.57. The summed E-state index contributed by atoms with van der Waals surface area (Å²) < 4.78 is 0. The molecule has 1 heterocycles. The summed E-state index contributed by atoms with van der Waals surface area (Å²) in [5.41, 5.74) is 1.63. The number of aromatic amines is 1. The molecular formula is C11H10ClN3O2. The van der Waals surface area contributed by atoms with Gasteiger partial charge >= 0.3 is 0 Å². The molecule has 2 N–H and O–H groups in total. The average Bonchev–Trinajstić information content (AvgIpc) is 2.80. The van der Waals surface area contributed by atoms with Gasteiger partial charge in [0.25, 0.3) is 5.69 Å². The molecule has 1 aromatic heterocycles. The van der Waals surface area contributed by atoms with Gasteiger partial charge in [0.2, 0.25) is 0 Å². The van der Waals surface area contributed by atoms with Crippen LogP contribution in [-0.2, 0) is 6.54 Å². The molecule has 0 bridgehead atoms. The number of halogens is 1. The fourth-order valence-electron chi connectivity index (χ4n) is 1.43. The number of hydrogen-bond donors (Lipinski definition) is 2. The third-order valence-electron chi connectivity index (χ3n) is 2.31. The standard InChI is InChI=1S/C11H10ClN3O2/c12-10-2-1-9(15(16)17)5-11(10)14-7-8-3-4-13-6-8/h1-6,13-14H,7H2. The SMILES string of the molecule is O=[N+]([O-])c1ccc(Cl)c(NCc2cc[nH]c2)c1. The lowest BCUT2D eigenvalue weighted by molar-refractivity contribution is -0.384. The quantitative estimate of drug-likeness (QED) is 0.648. The number of aromatic nitrogens is 1. The van der Waals surface area contributed by atoms with Gasteiger partial charge in [-0.25, -0.2) is 0 Å². The number of anilines is 1. The van der Waals surface area contributed by atoms with Crippen LogP contribution < -0.4 is 5.32 Å². The molecule has 0 saturated carbocycles. The fraction of sp³-hybridized carbons (Fsp3) is 0.0909. The molecule has 6 heteroatoms. The second-order valence-electron chi connectivity index (χ2n) is 3.49. The first-order valence-corrected chi connectivity index (χ1v) is 5.34. The zero-order chi connectivity index (χ0) is 12.3. The van der Waals surface area contributed by atoms with Gasteiger partial charge in [-0.15, -0.1) is 0 Å². The maximum atomic E-state index is 10.6. The Kier molecular flexibility index (Phi) is 3.30. The number of nitrogens with one attached hydrogen (secondary N) is 2. The summed E-state index contributed by atoms with van der Waals surface area (Å²) in [5.74, 6) is 0. The van der Waals surface area contributed by atoms with Gasteiger partial charge in [-0.3, -0.25) is 10.1 Å². The summed E-state index contributed by atoms with van der Waals surface area (Å²) in [6.45, 7) is 0.560. The lowest BCUT2D eigenvalue weighted by Gasteiger charge is -2.06. The van der Waals surface area contributed by atoms with Crippen LogP contribution in [0.25, 0.3) is 0 Å². The topological polar surface area (TPSA) is 71.0 Å². The van der Waals surface area contributed by atoms with Gasteiger partial charge in [-0.05, 0) is 17.7 Å². The van der Waals surface area contributed by atoms with Gasteiger partial charge in [0, 0.05) is 31.1 Å². The number of non-ortho nitro benzene ring substituents is 1. The summed E-state index contributed by atoms with van der Waals surface area (Å²) in [5, 5.41) is 14.1. The van der Waals surface area contributed by atoms with Crippen molar-refractivity contribution in [3.05, 3.63) is 57.4 Å². The van der Waals surface area contributed by atoms with Crippen LogP contribution in [0.1, 0.15) is 5.56 Å². The summed E-state index contributed by atoms with van der Waals surface area (Å²) >= 11 is 5.95. The van der Waals surface area contributed by atoms with Crippen LogP contribution in [0.15, 0.2) is 36.7 Å². The van der Waals surface area contributed by atoms with Crippen LogP contribution in [-0.4, -0.2) is 9.91 Å². The molecule has 0 aliphatic rings. The maximum Gasteiger partial charge on any atom is 0.271 e. The smallest absolute Gasteiger partial charge is 0.271 e. The molecule has 0 amide bonds. The normalized spacial score (nSPS) is 10.2. The molecule has 0 saturated heterocycles. The highest BCUT2D eigenvalue weighted by Gasteiger charge is 2.09. The Hall–Kier alpha value is -2.01. The van der Waals surface area contributed by atoms with E-state index in [0.29, 0.717) is 17.3 Å². The number of rotatable bonds is 4. The molecule has 17 heavy (non-hydrogen) atoms. The van der Waals surface area contributed by atoms with Crippen LogP contribution in [0.3, 0.4) is 0 Å². The Balaban J connectivity index is 2.14. The van der Waals surface area contributed by atoms with E-state index in [9.17, 15) is 10.1 Å². The van der Waals surface area contributed by atoms with Gasteiger partial charge in [0.1, 0.15) is 0 Å². The molecule has 0 fully saturated rings. The van der Waals surface area contributed by atoms with E-state index in [4.69, 9.17) is 11.6 Å². The summed E-state index contributed by atoms with van der Waals surface area (Å²) in [6.07, 6.45) is 3.66. The number of nitro benzene ring substituents is 1. The Morgan fingerprint density at radius 2 is 2.24 bits per heavy atom. The first-order valence-electron chi connectivity index (χ1n) is 4.96. The lowest BCUT2D eigenvalue weighted by atomic mass is 10.2. The Morgan fingerprint density at radius 1 is 1.41 bits per heavy atom. The molecule has 0 unspecified atom stereocenters. The van der Waals surface area contributed by atoms with Gasteiger partial charge in [0.05, 0.1) is 15.6 Å². The number of nitrogens with zero attached hydrogens (tertiary/aromatic N) is 1. The summed E-state index contributed by atoms with van der Waals surface area (Å²) in [6, 6.07) is 6.23. The summed E-state index contributed by atoms with van der Waals surface area (Å²) in [4.78, 5) is 13.1. The predicted molar refractivity (Wildman–Crippen MR) is 66.2 cm³/mol. The predicted octanol–water partition coefficient (Wildman–Crippen LogP) is 3.19. The van der Waals surface area contributed by atoms with Crippen molar-refractivity contribution in [3.8, 4) is 0 Å². The molecule has 0 atom stereocenters. The van der Waals surface area contributed by atoms with E-state index in [0.717, 1.165) is 5.56 Å². The van der Waals surface area contributed by atoms with Gasteiger partial charge in [-0.2, -0.15) is 0 Å². The van der Waals surface area contributed by atoms with Crippen molar-refractivity contribution in [2.75, 3.05) is 5.32 Å². The van der Waals surface area contributed by atoms with E-state index in [1.54, 1.807) is 0 Å². The number of hydrogen-bond acceptors (Lipinski definition) is 3. The maximum absolute atomic E-state index is 10.6. The van der Waals surface area contributed by atoms with Crippen molar-refractivity contribution < 1.29 is 4.92 Å². The third kappa shape index (κ3) is 2.76. The first-order chi connectivity index (χ1) is 8.16. The highest BCUT2D eigenvalue weighted by molar-refractivity contribution is 6.33. The van der Waals surface area contributed by atoms with E-state index >= 15 is 0 Å². The van der Waals surface area contributed by atoms with Crippen molar-refractivity contribution in [3.63, 3.8) is 0 Å². The molecule has 0 aliphatic carbocycles. The fourth-order valence-corrected chi connectivity index (χ4v) is 1.61. The Bertz CT molecular complexity index is 526. The van der Waals surface area contributed by atoms with E-state index in [1.807, 2.05) is 18.5 Å². The van der Waals surface area contributed by atoms with Crippen molar-refractivity contribution in [1.29, 1.82) is 0 Å². The minimum absolute atomic E-state index is 0.0194. The Morgan fingerprint density at radius 3 is 2.88 bits per heavy atom. The second kappa shape index (κ2) is 4.88. The highest BCUT2D eigenvalue weighted by atomic mass is 35.5. The molecule has 1 aromatic carbocycles. The molecule has 2 aromatic rings. The average molecular weight is 252 g/mol. The van der Waals surface area contributed by atoms with Crippen LogP contribution in [0.5, 0.6) is 0 Å². The Labute approximate surface area is 103 Å². The van der Waals surface area contributed by atoms with Crippen molar-refractivity contribution >= 4 is 23.0 Å². The monoisotopic (exact) mass is 251 g/mol. The molecule has 0 aliphatic heterocycles. The second-order valence-corrected chi connectivity index (χ2v) is 3.90. The van der Waals surface area contributed by atoms with Crippen LogP contribution in [0, 0.1) is 10.1 Å². The van der Waals surface area contributed by atoms with Crippen LogP contribution >= 0.6 is 11.6 Å². The van der Waals surface area contributed by atoms with Crippen molar-refractivity contribution in [1.82, 2.24) is 4.98 Å². The van der Waals surface area contributed by atoms with E-state index < -0.39 is 4.92 Å². The lowest BCUT2D eigenvalue weighted by Crippen LogP contribution is -1.99. The molecule has 0 radical (unpaired) electrons. The van der Waals surface area contributed by atoms with Crippen molar-refractivity contribution in [2.45, 2.75) is 6.54 Å². The highest BCUT2D eigenvalue weighted by Crippen LogP contribution is 2.26. The summed E-state index contributed by atoms with van der Waals surface area (Å²) in [7, 11) is 0. The minimum Gasteiger partial charge on any atom is -0.379 e. The number of benzene rings is 1. The van der Waals surface area contributed by atoms with Crippen LogP contribution in [0.2, 0.25) is 5.02 Å². The minimum atomic E-state index is -0.447. The van der Waals surface area contributed by atoms with E-state index in [2.05, 4.69) is 10.3 Å². The largest absolute Gasteiger partial charge is 0.379 e. The van der Waals surface area contributed by atoms with Gasteiger partial charge in [-0.1, -0.05) is 11.6 Å². The third-order valence-corrected chi connectivity index (χ3v) is 2.64. The molecule has 88 valence electrons.